The number of nitrogens with zero attached hydrogens (tertiary/aromatic N) is 1. The summed E-state index contributed by atoms with van der Waals surface area (Å²) in [6.07, 6.45) is -1.39. The summed E-state index contributed by atoms with van der Waals surface area (Å²) in [5.74, 6) is -0.667. The van der Waals surface area contributed by atoms with E-state index in [0.717, 1.165) is 6.07 Å². The minimum atomic E-state index is -9.88. The summed E-state index contributed by atoms with van der Waals surface area (Å²) in [6, 6.07) is 1.19. The van der Waals surface area contributed by atoms with Crippen LogP contribution >= 0.6 is 10.2 Å². The molecule has 126 valence electrons. The van der Waals surface area contributed by atoms with Gasteiger partial charge in [-0.1, -0.05) is 19.4 Å². The summed E-state index contributed by atoms with van der Waals surface area (Å²) in [7, 11) is -9.88. The molecule has 0 spiro atoms. The Hall–Kier alpha value is -1.75. The largest absolute Gasteiger partial charge is 0.410 e. The maximum Gasteiger partial charge on any atom is 0.410 e. The lowest BCUT2D eigenvalue weighted by molar-refractivity contribution is 0.122. The van der Waals surface area contributed by atoms with Crippen molar-refractivity contribution < 1.29 is 33.7 Å². The van der Waals surface area contributed by atoms with Crippen molar-refractivity contribution in [3.05, 3.63) is 18.2 Å². The van der Waals surface area contributed by atoms with Gasteiger partial charge in [-0.2, -0.15) is 0 Å². The number of anilines is 1. The van der Waals surface area contributed by atoms with Crippen LogP contribution in [0.1, 0.15) is 0 Å². The minimum Gasteiger partial charge on any atom is -0.408 e. The normalized spacial score (nSPS) is 19.2. The van der Waals surface area contributed by atoms with Gasteiger partial charge in [0.1, 0.15) is 4.90 Å². The summed E-state index contributed by atoms with van der Waals surface area (Å²) in [5, 5.41) is 0. The van der Waals surface area contributed by atoms with E-state index in [2.05, 4.69) is 4.74 Å². The van der Waals surface area contributed by atoms with Gasteiger partial charge in [0.25, 0.3) is 0 Å². The van der Waals surface area contributed by atoms with E-state index in [1.54, 1.807) is 4.90 Å². The molecule has 1 aromatic rings. The standard InChI is InChI=1S/C11H13F5N2O3S/c12-22(13,14,15,16)8-1-2-9(10(7-8)21-11(17)19)18-3-5-20-6-4-18/h1-2,7H,3-6H2,(H2,17,19). The van der Waals surface area contributed by atoms with Crippen LogP contribution in [-0.2, 0) is 4.74 Å². The van der Waals surface area contributed by atoms with Crippen LogP contribution in [-0.4, -0.2) is 32.4 Å². The number of carbonyl (C=O) groups is 1. The van der Waals surface area contributed by atoms with Gasteiger partial charge in [-0.15, -0.1) is 0 Å². The van der Waals surface area contributed by atoms with Crippen molar-refractivity contribution in [2.45, 2.75) is 4.90 Å². The summed E-state index contributed by atoms with van der Waals surface area (Å²) in [6.45, 7) is 1.23. The van der Waals surface area contributed by atoms with Crippen molar-refractivity contribution >= 4 is 22.0 Å². The maximum absolute atomic E-state index is 12.8. The van der Waals surface area contributed by atoms with Crippen molar-refractivity contribution in [1.82, 2.24) is 0 Å². The zero-order chi connectivity index (χ0) is 16.7. The molecule has 5 nitrogen and oxygen atoms in total. The lowest BCUT2D eigenvalue weighted by atomic mass is 10.2. The van der Waals surface area contributed by atoms with Crippen LogP contribution in [0.3, 0.4) is 0 Å². The second-order valence-electron chi connectivity index (χ2n) is 4.62. The zero-order valence-electron chi connectivity index (χ0n) is 11.1. The van der Waals surface area contributed by atoms with Crippen LogP contribution in [0, 0.1) is 0 Å². The predicted molar refractivity (Wildman–Crippen MR) is 71.1 cm³/mol. The van der Waals surface area contributed by atoms with Gasteiger partial charge < -0.3 is 20.1 Å². The molecule has 0 radical (unpaired) electrons. The van der Waals surface area contributed by atoms with E-state index in [0.29, 0.717) is 26.3 Å². The lowest BCUT2D eigenvalue weighted by Crippen LogP contribution is -2.36. The van der Waals surface area contributed by atoms with Crippen LogP contribution in [0.25, 0.3) is 0 Å². The molecular formula is C11H13F5N2O3S. The first-order valence-corrected chi connectivity index (χ1v) is 8.00. The Labute approximate surface area is 122 Å². The number of ether oxygens (including phenoxy) is 2. The molecule has 2 N–H and O–H groups in total. The van der Waals surface area contributed by atoms with Gasteiger partial charge in [0.2, 0.25) is 0 Å². The van der Waals surface area contributed by atoms with Crippen molar-refractivity contribution in [3.63, 3.8) is 0 Å². The summed E-state index contributed by atoms with van der Waals surface area (Å²) >= 11 is 0. The first-order chi connectivity index (χ1) is 9.86. The first kappa shape index (κ1) is 16.6. The van der Waals surface area contributed by atoms with E-state index in [1.165, 1.54) is 0 Å². The summed E-state index contributed by atoms with van der Waals surface area (Å²) in [4.78, 5) is 10.2. The van der Waals surface area contributed by atoms with Crippen molar-refractivity contribution in [3.8, 4) is 5.75 Å². The second-order valence-corrected chi connectivity index (χ2v) is 7.03. The summed E-state index contributed by atoms with van der Waals surface area (Å²) in [5.41, 5.74) is 4.85. The monoisotopic (exact) mass is 348 g/mol. The van der Waals surface area contributed by atoms with Crippen LogP contribution in [0.2, 0.25) is 0 Å². The fraction of sp³-hybridized carbons (Fsp3) is 0.364. The third kappa shape index (κ3) is 3.91. The number of primary amides is 1. The molecule has 2 rings (SSSR count). The van der Waals surface area contributed by atoms with Gasteiger partial charge in [-0.3, -0.25) is 0 Å². The number of halogens is 5. The quantitative estimate of drug-likeness (QED) is 0.847. The molecule has 1 amide bonds. The zero-order valence-corrected chi connectivity index (χ0v) is 11.9. The lowest BCUT2D eigenvalue weighted by Gasteiger charge is -2.41. The van der Waals surface area contributed by atoms with Crippen LogP contribution < -0.4 is 15.4 Å². The summed E-state index contributed by atoms with van der Waals surface area (Å²) < 4.78 is 73.7. The average molecular weight is 348 g/mol. The number of benzene rings is 1. The third-order valence-corrected chi connectivity index (χ3v) is 4.08. The predicted octanol–water partition coefficient (Wildman–Crippen LogP) is 3.64. The molecule has 1 aliphatic rings. The highest BCUT2D eigenvalue weighted by Crippen LogP contribution is 3.02. The Morgan fingerprint density at radius 3 is 2.27 bits per heavy atom. The minimum absolute atomic E-state index is 0.0627. The Morgan fingerprint density at radius 1 is 1.18 bits per heavy atom. The SMILES string of the molecule is NC(=O)Oc1cc(S(F)(F)(F)(F)F)ccc1N1CCOCC1. The third-order valence-electron chi connectivity index (χ3n) is 2.94. The fourth-order valence-corrected chi connectivity index (χ4v) is 2.64. The Bertz CT molecular complexity index is 601. The number of amides is 1. The molecule has 0 aromatic heterocycles. The van der Waals surface area contributed by atoms with E-state index in [1.807, 2.05) is 0 Å². The molecule has 0 atom stereocenters. The Balaban J connectivity index is 2.50. The van der Waals surface area contributed by atoms with E-state index in [9.17, 15) is 24.2 Å². The van der Waals surface area contributed by atoms with E-state index >= 15 is 0 Å². The molecule has 0 aliphatic carbocycles. The number of hydrogen-bond donors (Lipinski definition) is 1. The molecule has 0 unspecified atom stereocenters. The van der Waals surface area contributed by atoms with Gasteiger partial charge >= 0.3 is 16.3 Å². The maximum atomic E-state index is 12.8. The van der Waals surface area contributed by atoms with Gasteiger partial charge in [0, 0.05) is 19.2 Å². The first-order valence-electron chi connectivity index (χ1n) is 6.05. The average Bonchev–Trinajstić information content (AvgIpc) is 2.36. The highest BCUT2D eigenvalue weighted by Gasteiger charge is 2.65. The number of carbonyl (C=O) groups excluding carboxylic acids is 1. The van der Waals surface area contributed by atoms with E-state index in [-0.39, 0.29) is 17.8 Å². The topological polar surface area (TPSA) is 64.8 Å². The number of hydrogen-bond acceptors (Lipinski definition) is 4. The molecule has 1 fully saturated rings. The Kier molecular flexibility index (Phi) is 3.49. The second kappa shape index (κ2) is 4.62. The van der Waals surface area contributed by atoms with Gasteiger partial charge in [0.05, 0.1) is 18.9 Å². The number of morpholine rings is 1. The molecule has 1 aliphatic heterocycles. The van der Waals surface area contributed by atoms with Crippen molar-refractivity contribution in [2.24, 2.45) is 5.73 Å². The molecule has 1 saturated heterocycles. The highest BCUT2D eigenvalue weighted by atomic mass is 32.5. The number of nitrogens with two attached hydrogens (primary N) is 1. The van der Waals surface area contributed by atoms with Gasteiger partial charge in [0.15, 0.2) is 5.75 Å². The van der Waals surface area contributed by atoms with E-state index < -0.39 is 27.0 Å². The molecule has 22 heavy (non-hydrogen) atoms. The Morgan fingerprint density at radius 2 is 1.77 bits per heavy atom. The molecule has 0 saturated carbocycles. The fourth-order valence-electron chi connectivity index (χ4n) is 1.99. The number of rotatable bonds is 3. The van der Waals surface area contributed by atoms with Gasteiger partial charge in [-0.05, 0) is 12.1 Å². The van der Waals surface area contributed by atoms with Crippen LogP contribution in [0.15, 0.2) is 23.1 Å². The van der Waals surface area contributed by atoms with Crippen molar-refractivity contribution in [2.75, 3.05) is 31.2 Å². The highest BCUT2D eigenvalue weighted by molar-refractivity contribution is 8.45. The van der Waals surface area contributed by atoms with Crippen LogP contribution in [0.5, 0.6) is 5.75 Å². The van der Waals surface area contributed by atoms with Gasteiger partial charge in [-0.25, -0.2) is 4.79 Å². The molecule has 0 bridgehead atoms. The van der Waals surface area contributed by atoms with Crippen LogP contribution in [0.4, 0.5) is 29.9 Å². The van der Waals surface area contributed by atoms with E-state index in [4.69, 9.17) is 10.5 Å². The molecule has 11 heteroatoms. The smallest absolute Gasteiger partial charge is 0.408 e. The molecule has 1 aromatic carbocycles. The molecular weight excluding hydrogens is 335 g/mol. The van der Waals surface area contributed by atoms with Crippen molar-refractivity contribution in [1.29, 1.82) is 0 Å². The molecule has 1 heterocycles.